The highest BCUT2D eigenvalue weighted by molar-refractivity contribution is 7.84. The number of carbonyl (C=O) groups is 1. The molecule has 10 heteroatoms. The molecule has 0 saturated carbocycles. The molecule has 2 rings (SSSR count). The van der Waals surface area contributed by atoms with Crippen LogP contribution >= 0.6 is 22.9 Å². The summed E-state index contributed by atoms with van der Waals surface area (Å²) in [5, 5.41) is 3.59. The molecule has 0 unspecified atom stereocenters. The summed E-state index contributed by atoms with van der Waals surface area (Å²) in [6, 6.07) is 7.51. The number of hydrogen-bond donors (Lipinski definition) is 2. The first-order chi connectivity index (χ1) is 11.8. The van der Waals surface area contributed by atoms with Crippen LogP contribution < -0.4 is 10.0 Å². The molecule has 7 nitrogen and oxygen atoms in total. The molecular formula is C15H18ClN3O4S2. The fourth-order valence-corrected chi connectivity index (χ4v) is 3.91. The molecule has 1 aromatic carbocycles. The molecular weight excluding hydrogens is 386 g/mol. The number of aryl methyl sites for hydroxylation is 1. The van der Waals surface area contributed by atoms with Gasteiger partial charge in [-0.25, -0.2) is 9.17 Å². The second-order valence-electron chi connectivity index (χ2n) is 5.10. The number of carbonyl (C=O) groups excluding carboxylic acids is 1. The van der Waals surface area contributed by atoms with E-state index in [2.05, 4.69) is 19.2 Å². The van der Waals surface area contributed by atoms with Crippen LogP contribution in [0.2, 0.25) is 5.02 Å². The monoisotopic (exact) mass is 403 g/mol. The van der Waals surface area contributed by atoms with Gasteiger partial charge in [-0.2, -0.15) is 13.1 Å². The van der Waals surface area contributed by atoms with E-state index in [0.717, 1.165) is 16.1 Å². The fraction of sp³-hybridized carbons (Fsp3) is 0.333. The Kier molecular flexibility index (Phi) is 6.91. The molecule has 0 aliphatic rings. The quantitative estimate of drug-likeness (QED) is 0.705. The van der Waals surface area contributed by atoms with E-state index in [1.807, 2.05) is 25.1 Å². The van der Waals surface area contributed by atoms with E-state index in [1.165, 1.54) is 11.3 Å². The van der Waals surface area contributed by atoms with Gasteiger partial charge < -0.3 is 0 Å². The van der Waals surface area contributed by atoms with E-state index in [0.29, 0.717) is 16.6 Å². The maximum absolute atomic E-state index is 11.8. The van der Waals surface area contributed by atoms with Crippen LogP contribution in [0, 0.1) is 6.92 Å². The molecule has 1 aromatic heterocycles. The molecule has 136 valence electrons. The zero-order chi connectivity index (χ0) is 18.4. The number of anilines is 1. The highest BCUT2D eigenvalue weighted by Crippen LogP contribution is 2.26. The number of hydrogen-bond acceptors (Lipinski definition) is 6. The Balaban J connectivity index is 1.96. The molecule has 25 heavy (non-hydrogen) atoms. The van der Waals surface area contributed by atoms with Crippen molar-refractivity contribution in [1.82, 2.24) is 9.71 Å². The van der Waals surface area contributed by atoms with Crippen molar-refractivity contribution >= 4 is 44.3 Å². The third-order valence-electron chi connectivity index (χ3n) is 3.06. The van der Waals surface area contributed by atoms with Crippen molar-refractivity contribution in [2.45, 2.75) is 20.3 Å². The predicted molar refractivity (Wildman–Crippen MR) is 98.3 cm³/mol. The van der Waals surface area contributed by atoms with Gasteiger partial charge in [-0.3, -0.25) is 10.1 Å². The molecule has 0 atom stereocenters. The Morgan fingerprint density at radius 2 is 2.16 bits per heavy atom. The van der Waals surface area contributed by atoms with E-state index < -0.39 is 22.8 Å². The molecule has 0 bridgehead atoms. The maximum atomic E-state index is 11.8. The van der Waals surface area contributed by atoms with Crippen molar-refractivity contribution in [3.8, 4) is 0 Å². The average molecular weight is 404 g/mol. The van der Waals surface area contributed by atoms with Crippen molar-refractivity contribution in [2.75, 3.05) is 18.5 Å². The minimum Gasteiger partial charge on any atom is -0.300 e. The summed E-state index contributed by atoms with van der Waals surface area (Å²) in [5.74, 6) is -0.593. The lowest BCUT2D eigenvalue weighted by molar-refractivity contribution is -0.118. The van der Waals surface area contributed by atoms with Crippen molar-refractivity contribution in [3.05, 3.63) is 45.4 Å². The van der Waals surface area contributed by atoms with Gasteiger partial charge in [0.2, 0.25) is 0 Å². The minimum absolute atomic E-state index is 0.183. The van der Waals surface area contributed by atoms with Crippen LogP contribution in [0.5, 0.6) is 0 Å². The van der Waals surface area contributed by atoms with Gasteiger partial charge in [0, 0.05) is 22.9 Å². The van der Waals surface area contributed by atoms with Gasteiger partial charge in [-0.15, -0.1) is 11.3 Å². The fourth-order valence-electron chi connectivity index (χ4n) is 1.98. The number of amides is 1. The van der Waals surface area contributed by atoms with Crippen LogP contribution in [-0.4, -0.2) is 32.5 Å². The summed E-state index contributed by atoms with van der Waals surface area (Å²) in [6.07, 6.45) is 0.644. The van der Waals surface area contributed by atoms with Crippen LogP contribution in [0.25, 0.3) is 0 Å². The number of nitrogens with one attached hydrogen (secondary N) is 2. The van der Waals surface area contributed by atoms with Crippen LogP contribution in [0.4, 0.5) is 5.13 Å². The number of halogens is 1. The summed E-state index contributed by atoms with van der Waals surface area (Å²) < 4.78 is 29.4. The molecule has 0 aliphatic heterocycles. The second-order valence-corrected chi connectivity index (χ2v) is 8.05. The van der Waals surface area contributed by atoms with Crippen molar-refractivity contribution in [2.24, 2.45) is 0 Å². The lowest BCUT2D eigenvalue weighted by Gasteiger charge is -2.04. The Labute approximate surface area is 155 Å². The van der Waals surface area contributed by atoms with Crippen LogP contribution in [0.3, 0.4) is 0 Å². The zero-order valence-corrected chi connectivity index (χ0v) is 16.1. The normalized spacial score (nSPS) is 11.5. The van der Waals surface area contributed by atoms with Crippen LogP contribution in [0.1, 0.15) is 23.1 Å². The largest absolute Gasteiger partial charge is 0.336 e. The highest BCUT2D eigenvalue weighted by Gasteiger charge is 2.15. The SMILES string of the molecule is CCNS(=O)(=O)OCC(=O)Nc1nc(C)c(Cc2cccc(Cl)c2)s1. The van der Waals surface area contributed by atoms with Gasteiger partial charge in [0.1, 0.15) is 6.61 Å². The first kappa shape index (κ1) is 19.8. The number of nitrogens with zero attached hydrogens (tertiary/aromatic N) is 1. The van der Waals surface area contributed by atoms with Gasteiger partial charge >= 0.3 is 10.3 Å². The third-order valence-corrected chi connectivity index (χ3v) is 5.44. The van der Waals surface area contributed by atoms with Crippen molar-refractivity contribution in [3.63, 3.8) is 0 Å². The molecule has 2 N–H and O–H groups in total. The van der Waals surface area contributed by atoms with Crippen LogP contribution in [0.15, 0.2) is 24.3 Å². The Morgan fingerprint density at radius 3 is 2.84 bits per heavy atom. The molecule has 0 saturated heterocycles. The molecule has 0 aliphatic carbocycles. The van der Waals surface area contributed by atoms with Crippen LogP contribution in [-0.2, 0) is 25.7 Å². The van der Waals surface area contributed by atoms with Gasteiger partial charge in [0.25, 0.3) is 5.91 Å². The number of benzene rings is 1. The lowest BCUT2D eigenvalue weighted by Crippen LogP contribution is -2.29. The molecule has 1 heterocycles. The lowest BCUT2D eigenvalue weighted by atomic mass is 10.1. The first-order valence-corrected chi connectivity index (χ1v) is 10.0. The van der Waals surface area contributed by atoms with E-state index >= 15 is 0 Å². The summed E-state index contributed by atoms with van der Waals surface area (Å²) in [4.78, 5) is 17.1. The van der Waals surface area contributed by atoms with Gasteiger partial charge in [-0.05, 0) is 24.6 Å². The molecule has 0 fully saturated rings. The molecule has 0 radical (unpaired) electrons. The maximum Gasteiger partial charge on any atom is 0.336 e. The van der Waals surface area contributed by atoms with E-state index in [-0.39, 0.29) is 6.54 Å². The van der Waals surface area contributed by atoms with Crippen molar-refractivity contribution < 1.29 is 17.4 Å². The van der Waals surface area contributed by atoms with Gasteiger partial charge in [0.05, 0.1) is 5.69 Å². The van der Waals surface area contributed by atoms with E-state index in [9.17, 15) is 13.2 Å². The van der Waals surface area contributed by atoms with Gasteiger partial charge in [0.15, 0.2) is 5.13 Å². The topological polar surface area (TPSA) is 97.4 Å². The number of thiazole rings is 1. The highest BCUT2D eigenvalue weighted by atomic mass is 35.5. The summed E-state index contributed by atoms with van der Waals surface area (Å²) in [7, 11) is -3.91. The molecule has 2 aromatic rings. The van der Waals surface area contributed by atoms with Crippen molar-refractivity contribution in [1.29, 1.82) is 0 Å². The zero-order valence-electron chi connectivity index (χ0n) is 13.7. The Bertz CT molecular complexity index is 852. The predicted octanol–water partition coefficient (Wildman–Crippen LogP) is 2.51. The summed E-state index contributed by atoms with van der Waals surface area (Å²) >= 11 is 7.31. The van der Waals surface area contributed by atoms with E-state index in [4.69, 9.17) is 11.6 Å². The minimum atomic E-state index is -3.91. The number of rotatable bonds is 8. The smallest absolute Gasteiger partial charge is 0.300 e. The third kappa shape index (κ3) is 6.37. The first-order valence-electron chi connectivity index (χ1n) is 7.43. The number of aromatic nitrogens is 1. The second kappa shape index (κ2) is 8.72. The Morgan fingerprint density at radius 1 is 1.40 bits per heavy atom. The van der Waals surface area contributed by atoms with E-state index in [1.54, 1.807) is 13.0 Å². The molecule has 1 amide bonds. The molecule has 0 spiro atoms. The Hall–Kier alpha value is -1.52. The average Bonchev–Trinajstić information content (AvgIpc) is 2.85. The summed E-state index contributed by atoms with van der Waals surface area (Å²) in [6.45, 7) is 3.03. The summed E-state index contributed by atoms with van der Waals surface area (Å²) in [5.41, 5.74) is 1.83. The van der Waals surface area contributed by atoms with Gasteiger partial charge in [-0.1, -0.05) is 30.7 Å². The standard InChI is InChI=1S/C15H18ClN3O4S2/c1-3-17-25(21,22)23-9-14(20)19-15-18-10(2)13(24-15)8-11-5-4-6-12(16)7-11/h4-7,17H,3,8-9H2,1-2H3,(H,18,19,20).